The predicted molar refractivity (Wildman–Crippen MR) is 66.2 cm³/mol. The number of alkyl halides is 1. The smallest absolute Gasteiger partial charge is 0.0721 e. The number of hydrogen-bond donors (Lipinski definition) is 0. The largest absolute Gasteiger partial charge is 0.372 e. The zero-order valence-corrected chi connectivity index (χ0v) is 10.4. The Morgan fingerprint density at radius 2 is 1.87 bits per heavy atom. The highest BCUT2D eigenvalue weighted by molar-refractivity contribution is 9.09. The number of hydrogen-bond acceptors (Lipinski definition) is 1. The van der Waals surface area contributed by atoms with E-state index in [1.807, 2.05) is 6.07 Å². The van der Waals surface area contributed by atoms with Crippen LogP contribution in [0.25, 0.3) is 0 Å². The van der Waals surface area contributed by atoms with Crippen LogP contribution in [0.2, 0.25) is 0 Å². The maximum Gasteiger partial charge on any atom is 0.0721 e. The van der Waals surface area contributed by atoms with Crippen LogP contribution in [0.4, 0.5) is 0 Å². The fraction of sp³-hybridized carbons (Fsp3) is 0.538. The molecular formula is C13H17BrO. The van der Waals surface area contributed by atoms with Gasteiger partial charge in [-0.15, -0.1) is 0 Å². The number of benzene rings is 1. The number of ether oxygens (including phenoxy) is 1. The minimum Gasteiger partial charge on any atom is -0.372 e. The van der Waals surface area contributed by atoms with Crippen molar-refractivity contribution in [1.82, 2.24) is 0 Å². The SMILES string of the molecule is BrC1CCCCC1OCc1ccccc1. The molecule has 0 saturated heterocycles. The van der Waals surface area contributed by atoms with Gasteiger partial charge in [0.05, 0.1) is 12.7 Å². The van der Waals surface area contributed by atoms with Gasteiger partial charge in [-0.1, -0.05) is 59.1 Å². The van der Waals surface area contributed by atoms with Crippen LogP contribution < -0.4 is 0 Å². The second-order valence-corrected chi connectivity index (χ2v) is 5.31. The molecule has 82 valence electrons. The van der Waals surface area contributed by atoms with Gasteiger partial charge in [0.2, 0.25) is 0 Å². The van der Waals surface area contributed by atoms with Gasteiger partial charge in [0.1, 0.15) is 0 Å². The first-order valence-electron chi connectivity index (χ1n) is 5.66. The molecule has 0 spiro atoms. The average Bonchev–Trinajstić information content (AvgIpc) is 2.29. The fourth-order valence-corrected chi connectivity index (χ4v) is 2.76. The van der Waals surface area contributed by atoms with Gasteiger partial charge in [-0.05, 0) is 18.4 Å². The Morgan fingerprint density at radius 1 is 1.13 bits per heavy atom. The van der Waals surface area contributed by atoms with Gasteiger partial charge in [0.25, 0.3) is 0 Å². The van der Waals surface area contributed by atoms with E-state index in [0.29, 0.717) is 10.9 Å². The molecule has 1 aromatic carbocycles. The second-order valence-electron chi connectivity index (χ2n) is 4.14. The molecule has 0 bridgehead atoms. The van der Waals surface area contributed by atoms with E-state index in [2.05, 4.69) is 40.2 Å². The van der Waals surface area contributed by atoms with E-state index in [9.17, 15) is 0 Å². The fourth-order valence-electron chi connectivity index (χ4n) is 2.02. The Kier molecular flexibility index (Phi) is 4.21. The zero-order valence-electron chi connectivity index (χ0n) is 8.86. The van der Waals surface area contributed by atoms with Crippen molar-refractivity contribution in [2.24, 2.45) is 0 Å². The van der Waals surface area contributed by atoms with E-state index < -0.39 is 0 Å². The first kappa shape index (κ1) is 11.2. The molecule has 0 heterocycles. The molecule has 0 aromatic heterocycles. The van der Waals surface area contributed by atoms with Crippen molar-refractivity contribution in [3.05, 3.63) is 35.9 Å². The molecule has 1 saturated carbocycles. The van der Waals surface area contributed by atoms with Crippen LogP contribution in [-0.4, -0.2) is 10.9 Å². The Hall–Kier alpha value is -0.340. The molecule has 0 radical (unpaired) electrons. The molecule has 2 unspecified atom stereocenters. The quantitative estimate of drug-likeness (QED) is 0.756. The standard InChI is InChI=1S/C13H17BrO/c14-12-8-4-5-9-13(12)15-10-11-6-2-1-3-7-11/h1-3,6-7,12-13H,4-5,8-10H2. The molecule has 0 N–H and O–H groups in total. The van der Waals surface area contributed by atoms with Crippen LogP contribution >= 0.6 is 15.9 Å². The number of halogens is 1. The van der Waals surface area contributed by atoms with E-state index in [1.54, 1.807) is 0 Å². The van der Waals surface area contributed by atoms with E-state index in [1.165, 1.54) is 31.2 Å². The third-order valence-electron chi connectivity index (χ3n) is 2.93. The van der Waals surface area contributed by atoms with Crippen LogP contribution in [0.5, 0.6) is 0 Å². The highest BCUT2D eigenvalue weighted by Crippen LogP contribution is 2.27. The van der Waals surface area contributed by atoms with Gasteiger partial charge >= 0.3 is 0 Å². The summed E-state index contributed by atoms with van der Waals surface area (Å²) >= 11 is 3.70. The maximum atomic E-state index is 5.93. The van der Waals surface area contributed by atoms with E-state index in [4.69, 9.17) is 4.74 Å². The molecule has 15 heavy (non-hydrogen) atoms. The van der Waals surface area contributed by atoms with Gasteiger partial charge in [-0.25, -0.2) is 0 Å². The van der Waals surface area contributed by atoms with Gasteiger partial charge in [0, 0.05) is 4.83 Å². The van der Waals surface area contributed by atoms with Gasteiger partial charge in [-0.3, -0.25) is 0 Å². The van der Waals surface area contributed by atoms with Crippen molar-refractivity contribution in [3.8, 4) is 0 Å². The highest BCUT2D eigenvalue weighted by Gasteiger charge is 2.22. The van der Waals surface area contributed by atoms with Gasteiger partial charge in [0.15, 0.2) is 0 Å². The molecule has 0 aliphatic heterocycles. The zero-order chi connectivity index (χ0) is 10.5. The lowest BCUT2D eigenvalue weighted by Gasteiger charge is -2.27. The van der Waals surface area contributed by atoms with E-state index in [0.717, 1.165) is 6.61 Å². The van der Waals surface area contributed by atoms with Gasteiger partial charge in [-0.2, -0.15) is 0 Å². The Bertz CT molecular complexity index is 286. The third kappa shape index (κ3) is 3.32. The maximum absolute atomic E-state index is 5.93. The van der Waals surface area contributed by atoms with Crippen LogP contribution in [0.15, 0.2) is 30.3 Å². The van der Waals surface area contributed by atoms with Crippen molar-refractivity contribution in [2.45, 2.75) is 43.2 Å². The molecule has 1 fully saturated rings. The van der Waals surface area contributed by atoms with Crippen LogP contribution in [-0.2, 0) is 11.3 Å². The Balaban J connectivity index is 1.82. The summed E-state index contributed by atoms with van der Waals surface area (Å²) in [5.74, 6) is 0. The molecule has 1 aromatic rings. The first-order chi connectivity index (χ1) is 7.36. The molecule has 1 nitrogen and oxygen atoms in total. The summed E-state index contributed by atoms with van der Waals surface area (Å²) in [4.78, 5) is 0.551. The summed E-state index contributed by atoms with van der Waals surface area (Å²) in [7, 11) is 0. The van der Waals surface area contributed by atoms with E-state index >= 15 is 0 Å². The van der Waals surface area contributed by atoms with Gasteiger partial charge < -0.3 is 4.74 Å². The van der Waals surface area contributed by atoms with Crippen LogP contribution in [0.3, 0.4) is 0 Å². The summed E-state index contributed by atoms with van der Waals surface area (Å²) in [5, 5.41) is 0. The minimum atomic E-state index is 0.402. The highest BCUT2D eigenvalue weighted by atomic mass is 79.9. The average molecular weight is 269 g/mol. The Morgan fingerprint density at radius 3 is 2.60 bits per heavy atom. The lowest BCUT2D eigenvalue weighted by Crippen LogP contribution is -2.27. The van der Waals surface area contributed by atoms with Crippen molar-refractivity contribution in [2.75, 3.05) is 0 Å². The lowest BCUT2D eigenvalue weighted by atomic mass is 9.97. The van der Waals surface area contributed by atoms with Crippen molar-refractivity contribution >= 4 is 15.9 Å². The molecule has 2 heteroatoms. The predicted octanol–water partition coefficient (Wildman–Crippen LogP) is 3.91. The lowest BCUT2D eigenvalue weighted by molar-refractivity contribution is 0.0227. The molecule has 1 aliphatic carbocycles. The summed E-state index contributed by atoms with van der Waals surface area (Å²) in [6, 6.07) is 10.4. The first-order valence-corrected chi connectivity index (χ1v) is 6.57. The normalized spacial score (nSPS) is 26.5. The van der Waals surface area contributed by atoms with Crippen LogP contribution in [0.1, 0.15) is 31.2 Å². The van der Waals surface area contributed by atoms with Crippen molar-refractivity contribution < 1.29 is 4.74 Å². The monoisotopic (exact) mass is 268 g/mol. The topological polar surface area (TPSA) is 9.23 Å². The summed E-state index contributed by atoms with van der Waals surface area (Å²) < 4.78 is 5.93. The molecule has 2 rings (SSSR count). The van der Waals surface area contributed by atoms with Crippen LogP contribution in [0, 0.1) is 0 Å². The summed E-state index contributed by atoms with van der Waals surface area (Å²) in [6.45, 7) is 0.744. The van der Waals surface area contributed by atoms with Crippen molar-refractivity contribution in [3.63, 3.8) is 0 Å². The molecule has 1 aliphatic rings. The molecular weight excluding hydrogens is 252 g/mol. The second kappa shape index (κ2) is 5.66. The molecule has 0 amide bonds. The summed E-state index contributed by atoms with van der Waals surface area (Å²) in [6.07, 6.45) is 5.49. The Labute approximate surface area is 100.0 Å². The van der Waals surface area contributed by atoms with E-state index in [-0.39, 0.29) is 0 Å². The minimum absolute atomic E-state index is 0.402. The van der Waals surface area contributed by atoms with Crippen molar-refractivity contribution in [1.29, 1.82) is 0 Å². The third-order valence-corrected chi connectivity index (χ3v) is 3.98. The number of rotatable bonds is 3. The summed E-state index contributed by atoms with van der Waals surface area (Å²) in [5.41, 5.74) is 1.27. The molecule has 2 atom stereocenters.